The number of carbonyl (C=O) groups is 2. The molecule has 386 valence electrons. The SMILES string of the molecule is CC[C@H]1OC(=O)[C@H](C)[C@@H](O[C@H]2C[C@@](C)(OC)[C@@H](O)[C@H](C)O2)[C@H](C)[C@@H](O[C@@H]2O[C@H](C)C[C@H](N(C)CCc3cn(CCOc4cccc(F)c4)nn3)[C@H]2O)[C@](C)(OC)C[C@@H](C)C(=O)[C@H](C)[C@@H](O)[C@]1(C)O. The predicted molar refractivity (Wildman–Crippen MR) is 246 cm³/mol. The van der Waals surface area contributed by atoms with Crippen molar-refractivity contribution in [3.05, 3.63) is 42.0 Å². The van der Waals surface area contributed by atoms with E-state index in [1.165, 1.54) is 33.3 Å². The fraction of sp³-hybridized carbons (Fsp3) is 0.796. The molecule has 3 aliphatic heterocycles. The number of rotatable bonds is 15. The van der Waals surface area contributed by atoms with Crippen molar-refractivity contribution in [1.82, 2.24) is 19.9 Å². The van der Waals surface area contributed by atoms with E-state index < -0.39 is 108 Å². The number of nitrogens with zero attached hydrogens (tertiary/aromatic N) is 4. The first kappa shape index (κ1) is 55.7. The average molecular weight is 967 g/mol. The zero-order valence-electron chi connectivity index (χ0n) is 42.2. The standard InChI is InChI=1S/C49H79FN4O14/c1-14-37-49(10,60)42(57)29(4)39(55)27(2)24-48(9,62-13)44(30(5)41(31(6)45(59)66-37)67-38-25-47(8,61-12)43(58)32(7)65-38)68-46-40(56)36(22-28(3)64-46)53(11)19-18-34-26-54(52-51-34)20-21-63-35-17-15-16-33(50)23-35/h15-17,23,26-32,36-38,40-44,46,56-58,60H,14,18-22,24-25H2,1-13H3/t27-,28-,29+,30+,31-,32+,36+,37-,38+,40-,41+,42-,43+,44-,46+,47-,48-,49-/m1/s1. The summed E-state index contributed by atoms with van der Waals surface area (Å²) in [5.74, 6) is -4.72. The number of carbonyl (C=O) groups excluding carboxylic acids is 2. The van der Waals surface area contributed by atoms with Crippen molar-refractivity contribution in [1.29, 1.82) is 0 Å². The average Bonchev–Trinajstić information content (AvgIpc) is 3.76. The highest BCUT2D eigenvalue weighted by molar-refractivity contribution is 5.83. The molecular weight excluding hydrogens is 888 g/mol. The molecule has 4 N–H and O–H groups in total. The molecule has 18 atom stereocenters. The summed E-state index contributed by atoms with van der Waals surface area (Å²) < 4.78 is 65.5. The lowest BCUT2D eigenvalue weighted by Gasteiger charge is -2.50. The van der Waals surface area contributed by atoms with Gasteiger partial charge in [0.05, 0.1) is 59.9 Å². The predicted octanol–water partition coefficient (Wildman–Crippen LogP) is 3.86. The minimum atomic E-state index is -2.01. The second-order valence-corrected chi connectivity index (χ2v) is 20.2. The van der Waals surface area contributed by atoms with Crippen LogP contribution in [0.15, 0.2) is 30.5 Å². The van der Waals surface area contributed by atoms with Crippen molar-refractivity contribution in [2.24, 2.45) is 23.7 Å². The van der Waals surface area contributed by atoms with E-state index in [1.54, 1.807) is 65.3 Å². The lowest BCUT2D eigenvalue weighted by molar-refractivity contribution is -0.319. The number of ether oxygens (including phenoxy) is 8. The van der Waals surface area contributed by atoms with E-state index in [1.807, 2.05) is 32.0 Å². The van der Waals surface area contributed by atoms with Gasteiger partial charge in [-0.25, -0.2) is 9.07 Å². The van der Waals surface area contributed by atoms with Crippen LogP contribution in [-0.2, 0) is 55.7 Å². The van der Waals surface area contributed by atoms with Gasteiger partial charge in [0.2, 0.25) is 0 Å². The highest BCUT2D eigenvalue weighted by Crippen LogP contribution is 2.42. The Morgan fingerprint density at radius 1 is 0.941 bits per heavy atom. The summed E-state index contributed by atoms with van der Waals surface area (Å²) in [5.41, 5.74) is -3.69. The van der Waals surface area contributed by atoms with Crippen molar-refractivity contribution >= 4 is 11.8 Å². The number of halogens is 1. The van der Waals surface area contributed by atoms with Crippen LogP contribution < -0.4 is 4.74 Å². The number of aliphatic hydroxyl groups excluding tert-OH is 3. The molecular formula is C49H79FN4O14. The maximum atomic E-state index is 14.4. The lowest BCUT2D eigenvalue weighted by atomic mass is 9.74. The van der Waals surface area contributed by atoms with Gasteiger partial charge in [-0.3, -0.25) is 9.59 Å². The number of aliphatic hydroxyl groups is 4. The molecule has 3 fully saturated rings. The van der Waals surface area contributed by atoms with Gasteiger partial charge in [-0.2, -0.15) is 0 Å². The van der Waals surface area contributed by atoms with Crippen LogP contribution in [0, 0.1) is 29.5 Å². The van der Waals surface area contributed by atoms with E-state index in [0.717, 1.165) is 5.69 Å². The number of aromatic nitrogens is 3. The molecule has 1 aromatic heterocycles. The molecule has 0 unspecified atom stereocenters. The van der Waals surface area contributed by atoms with Gasteiger partial charge in [-0.1, -0.05) is 39.0 Å². The van der Waals surface area contributed by atoms with Crippen LogP contribution in [0.5, 0.6) is 5.75 Å². The van der Waals surface area contributed by atoms with Crippen LogP contribution in [0.4, 0.5) is 4.39 Å². The number of methoxy groups -OCH3 is 2. The van der Waals surface area contributed by atoms with Gasteiger partial charge in [-0.05, 0) is 80.0 Å². The minimum Gasteiger partial charge on any atom is -0.492 e. The number of benzene rings is 1. The first-order chi connectivity index (χ1) is 31.9. The second kappa shape index (κ2) is 23.3. The molecule has 0 bridgehead atoms. The Hall–Kier alpha value is -3.21. The van der Waals surface area contributed by atoms with Gasteiger partial charge in [0.1, 0.15) is 47.9 Å². The zero-order valence-corrected chi connectivity index (χ0v) is 42.2. The quantitative estimate of drug-likeness (QED) is 0.186. The van der Waals surface area contributed by atoms with Crippen molar-refractivity contribution < 1.29 is 72.3 Å². The Morgan fingerprint density at radius 2 is 1.63 bits per heavy atom. The third kappa shape index (κ3) is 12.8. The third-order valence-electron chi connectivity index (χ3n) is 14.9. The summed E-state index contributed by atoms with van der Waals surface area (Å²) in [5, 5.41) is 55.2. The first-order valence-electron chi connectivity index (χ1n) is 24.1. The second-order valence-electron chi connectivity index (χ2n) is 20.2. The maximum Gasteiger partial charge on any atom is 0.311 e. The highest BCUT2D eigenvalue weighted by atomic mass is 19.1. The van der Waals surface area contributed by atoms with Crippen LogP contribution in [0.25, 0.3) is 0 Å². The summed E-state index contributed by atoms with van der Waals surface area (Å²) in [6, 6.07) is 5.48. The molecule has 0 aliphatic carbocycles. The van der Waals surface area contributed by atoms with Gasteiger partial charge in [0.25, 0.3) is 0 Å². The molecule has 0 amide bonds. The topological polar surface area (TPSA) is 223 Å². The normalized spacial score (nSPS) is 40.2. The number of esters is 1. The molecule has 5 rings (SSSR count). The summed E-state index contributed by atoms with van der Waals surface area (Å²) >= 11 is 0. The third-order valence-corrected chi connectivity index (χ3v) is 14.9. The van der Waals surface area contributed by atoms with E-state index in [9.17, 15) is 34.4 Å². The van der Waals surface area contributed by atoms with Crippen molar-refractivity contribution in [3.63, 3.8) is 0 Å². The first-order valence-corrected chi connectivity index (χ1v) is 24.1. The van der Waals surface area contributed by atoms with E-state index in [2.05, 4.69) is 10.3 Å². The molecule has 4 heterocycles. The van der Waals surface area contributed by atoms with Crippen LogP contribution in [0.2, 0.25) is 0 Å². The maximum absolute atomic E-state index is 14.4. The molecule has 0 spiro atoms. The molecule has 0 radical (unpaired) electrons. The summed E-state index contributed by atoms with van der Waals surface area (Å²) in [6.45, 7) is 18.1. The molecule has 19 heteroatoms. The Balaban J connectivity index is 1.44. The van der Waals surface area contributed by atoms with Crippen molar-refractivity contribution in [3.8, 4) is 5.75 Å². The molecule has 3 saturated heterocycles. The number of likely N-dealkylation sites (N-methyl/N-ethyl adjacent to an activating group) is 1. The minimum absolute atomic E-state index is 0.0590. The fourth-order valence-corrected chi connectivity index (χ4v) is 10.3. The molecule has 18 nitrogen and oxygen atoms in total. The number of ketones is 1. The molecule has 1 aromatic carbocycles. The molecule has 2 aromatic rings. The summed E-state index contributed by atoms with van der Waals surface area (Å²) in [4.78, 5) is 30.7. The fourth-order valence-electron chi connectivity index (χ4n) is 10.3. The Kier molecular flexibility index (Phi) is 19.1. The van der Waals surface area contributed by atoms with Crippen LogP contribution in [0.1, 0.15) is 101 Å². The van der Waals surface area contributed by atoms with E-state index in [4.69, 9.17) is 37.9 Å². The van der Waals surface area contributed by atoms with Gasteiger partial charge in [-0.15, -0.1) is 5.10 Å². The number of Topliss-reactive ketones (excluding diaryl/α,β-unsaturated/α-hetero) is 1. The van der Waals surface area contributed by atoms with Gasteiger partial charge in [0, 0.05) is 69.7 Å². The van der Waals surface area contributed by atoms with Gasteiger partial charge in [0.15, 0.2) is 12.6 Å². The highest BCUT2D eigenvalue weighted by Gasteiger charge is 2.54. The van der Waals surface area contributed by atoms with E-state index in [0.29, 0.717) is 31.7 Å². The van der Waals surface area contributed by atoms with Crippen molar-refractivity contribution in [2.45, 2.75) is 192 Å². The van der Waals surface area contributed by atoms with Gasteiger partial charge >= 0.3 is 5.97 Å². The van der Waals surface area contributed by atoms with Gasteiger partial charge < -0.3 is 63.2 Å². The van der Waals surface area contributed by atoms with Crippen LogP contribution >= 0.6 is 0 Å². The summed E-state index contributed by atoms with van der Waals surface area (Å²) in [6.07, 6.45) is -7.36. The van der Waals surface area contributed by atoms with E-state index >= 15 is 0 Å². The summed E-state index contributed by atoms with van der Waals surface area (Å²) in [7, 11) is 4.89. The Labute approximate surface area is 401 Å². The van der Waals surface area contributed by atoms with Crippen LogP contribution in [-0.4, -0.2) is 171 Å². The van der Waals surface area contributed by atoms with Crippen LogP contribution in [0.3, 0.4) is 0 Å². The molecule has 0 saturated carbocycles. The Bertz CT molecular complexity index is 1940. The molecule has 3 aliphatic rings. The smallest absolute Gasteiger partial charge is 0.311 e. The monoisotopic (exact) mass is 967 g/mol. The molecule has 68 heavy (non-hydrogen) atoms. The van der Waals surface area contributed by atoms with E-state index in [-0.39, 0.29) is 43.6 Å². The largest absolute Gasteiger partial charge is 0.492 e. The van der Waals surface area contributed by atoms with Crippen molar-refractivity contribution in [2.75, 3.05) is 34.4 Å². The number of hydrogen-bond acceptors (Lipinski definition) is 17. The zero-order chi connectivity index (χ0) is 50.5. The lowest BCUT2D eigenvalue weighted by Crippen LogP contribution is -2.61. The number of hydrogen-bond donors (Lipinski definition) is 4. The number of cyclic esters (lactones) is 1. The Morgan fingerprint density at radius 3 is 2.28 bits per heavy atom.